The van der Waals surface area contributed by atoms with E-state index in [0.29, 0.717) is 24.1 Å². The van der Waals surface area contributed by atoms with Crippen LogP contribution >= 0.6 is 12.4 Å². The lowest BCUT2D eigenvalue weighted by Crippen LogP contribution is -2.50. The summed E-state index contributed by atoms with van der Waals surface area (Å²) in [5, 5.41) is 6.13. The van der Waals surface area contributed by atoms with Crippen molar-refractivity contribution in [3.05, 3.63) is 71.0 Å². The van der Waals surface area contributed by atoms with E-state index in [9.17, 15) is 18.0 Å². The van der Waals surface area contributed by atoms with Crippen LogP contribution in [0.25, 0.3) is 0 Å². The Hall–Kier alpha value is -2.05. The van der Waals surface area contributed by atoms with Crippen LogP contribution in [0.2, 0.25) is 0 Å². The number of carbonyl (C=O) groups excluding carboxylic acids is 1. The Morgan fingerprint density at radius 2 is 1.92 bits per heavy atom. The van der Waals surface area contributed by atoms with Crippen molar-refractivity contribution in [2.45, 2.75) is 24.8 Å². The van der Waals surface area contributed by atoms with E-state index in [2.05, 4.69) is 10.6 Å². The largest absolute Gasteiger partial charge is 0.351 e. The fourth-order valence-corrected chi connectivity index (χ4v) is 3.24. The number of piperidine rings is 1. The normalized spacial score (nSPS) is 19.5. The standard InChI is InChI=1S/C19H19F3N2O.ClH/c20-14-3-1-2-12(8-14)9-19(25)24-18-11-23-7-6-15(18)13-4-5-16(21)17(22)10-13;/h1-5,8,10,15,18,23H,6-7,9,11H2,(H,24,25);1H. The van der Waals surface area contributed by atoms with Gasteiger partial charge in [0, 0.05) is 18.5 Å². The molecule has 7 heteroatoms. The minimum absolute atomic E-state index is 0. The topological polar surface area (TPSA) is 41.1 Å². The number of hydrogen-bond donors (Lipinski definition) is 2. The number of carbonyl (C=O) groups is 1. The molecule has 0 spiro atoms. The highest BCUT2D eigenvalue weighted by atomic mass is 35.5. The molecule has 0 aromatic heterocycles. The molecule has 1 amide bonds. The van der Waals surface area contributed by atoms with Gasteiger partial charge in [-0.2, -0.15) is 0 Å². The third-order valence-electron chi connectivity index (χ3n) is 4.45. The van der Waals surface area contributed by atoms with Gasteiger partial charge in [0.2, 0.25) is 5.91 Å². The second-order valence-electron chi connectivity index (χ2n) is 6.25. The summed E-state index contributed by atoms with van der Waals surface area (Å²) in [6.07, 6.45) is 0.773. The predicted octanol–water partition coefficient (Wildman–Crippen LogP) is 3.33. The van der Waals surface area contributed by atoms with Gasteiger partial charge in [-0.05, 0) is 48.4 Å². The first-order valence-electron chi connectivity index (χ1n) is 8.22. The lowest BCUT2D eigenvalue weighted by Gasteiger charge is -2.33. The monoisotopic (exact) mass is 384 g/mol. The quantitative estimate of drug-likeness (QED) is 0.849. The van der Waals surface area contributed by atoms with E-state index in [1.54, 1.807) is 18.2 Å². The minimum atomic E-state index is -0.888. The Kier molecular flexibility index (Phi) is 7.06. The van der Waals surface area contributed by atoms with E-state index in [0.717, 1.165) is 12.6 Å². The summed E-state index contributed by atoms with van der Waals surface area (Å²) < 4.78 is 39.9. The molecule has 2 N–H and O–H groups in total. The van der Waals surface area contributed by atoms with Gasteiger partial charge in [-0.3, -0.25) is 4.79 Å². The van der Waals surface area contributed by atoms with Crippen LogP contribution < -0.4 is 10.6 Å². The lowest BCUT2D eigenvalue weighted by atomic mass is 9.86. The predicted molar refractivity (Wildman–Crippen MR) is 95.9 cm³/mol. The molecule has 3 nitrogen and oxygen atoms in total. The van der Waals surface area contributed by atoms with E-state index < -0.39 is 11.6 Å². The van der Waals surface area contributed by atoms with Crippen molar-refractivity contribution >= 4 is 18.3 Å². The summed E-state index contributed by atoms with van der Waals surface area (Å²) in [4.78, 5) is 12.3. The van der Waals surface area contributed by atoms with Crippen molar-refractivity contribution in [3.8, 4) is 0 Å². The highest BCUT2D eigenvalue weighted by molar-refractivity contribution is 5.85. The Morgan fingerprint density at radius 1 is 1.12 bits per heavy atom. The first-order chi connectivity index (χ1) is 12.0. The van der Waals surface area contributed by atoms with Crippen molar-refractivity contribution in [1.29, 1.82) is 0 Å². The summed E-state index contributed by atoms with van der Waals surface area (Å²) in [6, 6.07) is 9.52. The lowest BCUT2D eigenvalue weighted by molar-refractivity contribution is -0.121. The molecule has 2 atom stereocenters. The van der Waals surface area contributed by atoms with E-state index in [4.69, 9.17) is 0 Å². The molecule has 2 aromatic rings. The maximum Gasteiger partial charge on any atom is 0.224 e. The van der Waals surface area contributed by atoms with Crippen LogP contribution in [0.5, 0.6) is 0 Å². The number of hydrogen-bond acceptors (Lipinski definition) is 2. The average Bonchev–Trinajstić information content (AvgIpc) is 2.58. The zero-order valence-electron chi connectivity index (χ0n) is 14.0. The molecule has 0 bridgehead atoms. The van der Waals surface area contributed by atoms with Crippen LogP contribution in [0, 0.1) is 17.5 Å². The van der Waals surface area contributed by atoms with E-state index in [1.165, 1.54) is 18.2 Å². The summed E-state index contributed by atoms with van der Waals surface area (Å²) in [5.74, 6) is -2.49. The van der Waals surface area contributed by atoms with E-state index in [-0.39, 0.29) is 42.5 Å². The zero-order chi connectivity index (χ0) is 17.8. The third kappa shape index (κ3) is 4.99. The molecule has 1 aliphatic rings. The highest BCUT2D eigenvalue weighted by Gasteiger charge is 2.28. The number of nitrogens with one attached hydrogen (secondary N) is 2. The molecule has 1 saturated heterocycles. The summed E-state index contributed by atoms with van der Waals surface area (Å²) in [7, 11) is 0. The molecule has 0 saturated carbocycles. The van der Waals surface area contributed by atoms with Gasteiger partial charge in [0.25, 0.3) is 0 Å². The Balaban J connectivity index is 0.00000243. The smallest absolute Gasteiger partial charge is 0.224 e. The number of amides is 1. The van der Waals surface area contributed by atoms with Crippen LogP contribution in [0.1, 0.15) is 23.5 Å². The molecule has 26 heavy (non-hydrogen) atoms. The van der Waals surface area contributed by atoms with Crippen molar-refractivity contribution in [2.75, 3.05) is 13.1 Å². The highest BCUT2D eigenvalue weighted by Crippen LogP contribution is 2.27. The molecular formula is C19H20ClF3N2O. The van der Waals surface area contributed by atoms with Gasteiger partial charge >= 0.3 is 0 Å². The summed E-state index contributed by atoms with van der Waals surface area (Å²) in [5.41, 5.74) is 1.25. The second kappa shape index (κ2) is 9.05. The van der Waals surface area contributed by atoms with Crippen molar-refractivity contribution in [1.82, 2.24) is 10.6 Å². The molecule has 140 valence electrons. The molecule has 2 unspecified atom stereocenters. The third-order valence-corrected chi connectivity index (χ3v) is 4.45. The molecule has 1 fully saturated rings. The Morgan fingerprint density at radius 3 is 2.65 bits per heavy atom. The van der Waals surface area contributed by atoms with Gasteiger partial charge in [0.15, 0.2) is 11.6 Å². The van der Waals surface area contributed by atoms with Crippen LogP contribution in [0.15, 0.2) is 42.5 Å². The van der Waals surface area contributed by atoms with Gasteiger partial charge in [-0.25, -0.2) is 13.2 Å². The molecular weight excluding hydrogens is 365 g/mol. The number of benzene rings is 2. The van der Waals surface area contributed by atoms with Gasteiger partial charge in [0.1, 0.15) is 5.82 Å². The van der Waals surface area contributed by atoms with Crippen LogP contribution in [-0.2, 0) is 11.2 Å². The summed E-state index contributed by atoms with van der Waals surface area (Å²) in [6.45, 7) is 1.28. The van der Waals surface area contributed by atoms with Crippen molar-refractivity contribution in [2.24, 2.45) is 0 Å². The van der Waals surface area contributed by atoms with E-state index >= 15 is 0 Å². The van der Waals surface area contributed by atoms with Crippen LogP contribution in [0.4, 0.5) is 13.2 Å². The Labute approximate surface area is 156 Å². The molecule has 3 rings (SSSR count). The molecule has 1 aliphatic heterocycles. The maximum absolute atomic E-state index is 13.5. The van der Waals surface area contributed by atoms with Crippen LogP contribution in [-0.4, -0.2) is 25.0 Å². The maximum atomic E-state index is 13.5. The molecule has 0 radical (unpaired) electrons. The summed E-state index contributed by atoms with van der Waals surface area (Å²) >= 11 is 0. The SMILES string of the molecule is Cl.O=C(Cc1cccc(F)c1)NC1CNCCC1c1ccc(F)c(F)c1. The van der Waals surface area contributed by atoms with Crippen molar-refractivity contribution in [3.63, 3.8) is 0 Å². The molecule has 1 heterocycles. The number of rotatable bonds is 4. The Bertz CT molecular complexity index is 772. The van der Waals surface area contributed by atoms with Crippen molar-refractivity contribution < 1.29 is 18.0 Å². The second-order valence-corrected chi connectivity index (χ2v) is 6.25. The first kappa shape index (κ1) is 20.3. The molecule has 2 aromatic carbocycles. The first-order valence-corrected chi connectivity index (χ1v) is 8.22. The average molecular weight is 385 g/mol. The fraction of sp³-hybridized carbons (Fsp3) is 0.316. The van der Waals surface area contributed by atoms with Gasteiger partial charge < -0.3 is 10.6 Å². The fourth-order valence-electron chi connectivity index (χ4n) is 3.24. The number of halogens is 4. The zero-order valence-corrected chi connectivity index (χ0v) is 14.8. The van der Waals surface area contributed by atoms with Gasteiger partial charge in [-0.1, -0.05) is 18.2 Å². The van der Waals surface area contributed by atoms with Gasteiger partial charge in [0.05, 0.1) is 6.42 Å². The van der Waals surface area contributed by atoms with E-state index in [1.807, 2.05) is 0 Å². The molecule has 0 aliphatic carbocycles. The van der Waals surface area contributed by atoms with Gasteiger partial charge in [-0.15, -0.1) is 12.4 Å². The minimum Gasteiger partial charge on any atom is -0.351 e. The van der Waals surface area contributed by atoms with Crippen LogP contribution in [0.3, 0.4) is 0 Å².